The summed E-state index contributed by atoms with van der Waals surface area (Å²) in [7, 11) is 0. The molecule has 7 heteroatoms. The third kappa shape index (κ3) is 5.34. The number of carboxylic acids is 1. The van der Waals surface area contributed by atoms with E-state index in [0.717, 1.165) is 41.5 Å². The number of alkyl carbamates (subject to hydrolysis) is 1. The van der Waals surface area contributed by atoms with E-state index in [1.807, 2.05) is 38.1 Å². The van der Waals surface area contributed by atoms with E-state index in [1.54, 1.807) is 0 Å². The average molecular weight is 479 g/mol. The second-order valence-corrected chi connectivity index (χ2v) is 10.0. The standard InChI is InChI=1S/C28H34N2O5/c1-18(2)24(16-25(31)30-28(26(32)33)14-8-3-9-15-28)29-27(34)35-17-23-21-12-6-4-10-19(21)20-11-5-7-13-22(20)23/h4-7,10-13,18,23-24H,3,8-9,14-17H2,1-2H3,(H,29,34)(H,30,31)(H,32,33)/t24-/m0/s1. The largest absolute Gasteiger partial charge is 0.480 e. The Hall–Kier alpha value is -3.35. The number of aliphatic carboxylic acids is 1. The van der Waals surface area contributed by atoms with E-state index in [0.29, 0.717) is 12.8 Å². The minimum absolute atomic E-state index is 0.00308. The molecule has 0 unspecified atom stereocenters. The number of carbonyl (C=O) groups excluding carboxylic acids is 2. The molecule has 0 aromatic heterocycles. The van der Waals surface area contributed by atoms with Crippen LogP contribution >= 0.6 is 0 Å². The van der Waals surface area contributed by atoms with E-state index >= 15 is 0 Å². The van der Waals surface area contributed by atoms with Gasteiger partial charge in [0.05, 0.1) is 0 Å². The summed E-state index contributed by atoms with van der Waals surface area (Å²) >= 11 is 0. The molecule has 0 aliphatic heterocycles. The zero-order chi connectivity index (χ0) is 25.0. The minimum Gasteiger partial charge on any atom is -0.480 e. The highest BCUT2D eigenvalue weighted by Gasteiger charge is 2.41. The Morgan fingerprint density at radius 1 is 0.971 bits per heavy atom. The van der Waals surface area contributed by atoms with Crippen molar-refractivity contribution >= 4 is 18.0 Å². The Balaban J connectivity index is 1.37. The molecule has 0 radical (unpaired) electrons. The molecule has 2 aromatic rings. The molecule has 2 amide bonds. The van der Waals surface area contributed by atoms with Gasteiger partial charge in [-0.1, -0.05) is 81.6 Å². The van der Waals surface area contributed by atoms with Crippen molar-refractivity contribution in [2.75, 3.05) is 6.61 Å². The molecule has 0 spiro atoms. The molecule has 186 valence electrons. The van der Waals surface area contributed by atoms with Gasteiger partial charge < -0.3 is 20.5 Å². The van der Waals surface area contributed by atoms with Gasteiger partial charge in [-0.05, 0) is 41.0 Å². The number of carbonyl (C=O) groups is 3. The maximum atomic E-state index is 12.8. The van der Waals surface area contributed by atoms with E-state index in [2.05, 4.69) is 34.9 Å². The van der Waals surface area contributed by atoms with Gasteiger partial charge in [0.2, 0.25) is 5.91 Å². The van der Waals surface area contributed by atoms with Crippen molar-refractivity contribution in [3.05, 3.63) is 59.7 Å². The summed E-state index contributed by atoms with van der Waals surface area (Å²) < 4.78 is 5.63. The maximum Gasteiger partial charge on any atom is 0.407 e. The predicted molar refractivity (Wildman–Crippen MR) is 133 cm³/mol. The summed E-state index contributed by atoms with van der Waals surface area (Å²) in [5.74, 6) is -1.44. The van der Waals surface area contributed by atoms with Crippen LogP contribution < -0.4 is 10.6 Å². The van der Waals surface area contributed by atoms with E-state index in [1.165, 1.54) is 0 Å². The van der Waals surface area contributed by atoms with Gasteiger partial charge in [-0.2, -0.15) is 0 Å². The molecule has 35 heavy (non-hydrogen) atoms. The molecule has 2 aromatic carbocycles. The first-order valence-electron chi connectivity index (χ1n) is 12.5. The Morgan fingerprint density at radius 3 is 2.09 bits per heavy atom. The van der Waals surface area contributed by atoms with Crippen molar-refractivity contribution in [1.29, 1.82) is 0 Å². The number of nitrogens with one attached hydrogen (secondary N) is 2. The van der Waals surface area contributed by atoms with Crippen molar-refractivity contribution in [2.24, 2.45) is 5.92 Å². The van der Waals surface area contributed by atoms with Crippen LogP contribution in [0.3, 0.4) is 0 Å². The topological polar surface area (TPSA) is 105 Å². The molecule has 2 aliphatic carbocycles. The molecule has 0 bridgehead atoms. The van der Waals surface area contributed by atoms with Crippen LogP contribution in [-0.2, 0) is 14.3 Å². The molecule has 0 saturated heterocycles. The molecule has 4 rings (SSSR count). The normalized spacial score (nSPS) is 17.2. The quantitative estimate of drug-likeness (QED) is 0.503. The molecular weight excluding hydrogens is 444 g/mol. The van der Waals surface area contributed by atoms with Crippen LogP contribution in [0, 0.1) is 5.92 Å². The number of hydrogen-bond acceptors (Lipinski definition) is 4. The van der Waals surface area contributed by atoms with E-state index in [4.69, 9.17) is 4.74 Å². The summed E-state index contributed by atoms with van der Waals surface area (Å²) in [5.41, 5.74) is 3.37. The van der Waals surface area contributed by atoms with Crippen molar-refractivity contribution in [1.82, 2.24) is 10.6 Å². The summed E-state index contributed by atoms with van der Waals surface area (Å²) in [5, 5.41) is 15.3. The number of ether oxygens (including phenoxy) is 1. The molecule has 7 nitrogen and oxygen atoms in total. The second-order valence-electron chi connectivity index (χ2n) is 10.0. The summed E-state index contributed by atoms with van der Waals surface area (Å²) in [6.45, 7) is 4.02. The van der Waals surface area contributed by atoms with Crippen LogP contribution in [0.25, 0.3) is 11.1 Å². The average Bonchev–Trinajstić information content (AvgIpc) is 3.16. The zero-order valence-corrected chi connectivity index (χ0v) is 20.4. The van der Waals surface area contributed by atoms with Gasteiger partial charge in [0, 0.05) is 18.4 Å². The maximum absolute atomic E-state index is 12.8. The number of benzene rings is 2. The first kappa shape index (κ1) is 24.8. The Morgan fingerprint density at radius 2 is 1.54 bits per heavy atom. The summed E-state index contributed by atoms with van der Waals surface area (Å²) in [6, 6.07) is 15.8. The van der Waals surface area contributed by atoms with Crippen LogP contribution in [0.2, 0.25) is 0 Å². The predicted octanol–water partition coefficient (Wildman–Crippen LogP) is 4.84. The van der Waals surface area contributed by atoms with E-state index in [-0.39, 0.29) is 30.8 Å². The number of fused-ring (bicyclic) bond motifs is 3. The molecule has 3 N–H and O–H groups in total. The number of hydrogen-bond donors (Lipinski definition) is 3. The Bertz CT molecular complexity index is 1040. The van der Waals surface area contributed by atoms with Gasteiger partial charge in [0.15, 0.2) is 0 Å². The molecule has 1 atom stereocenters. The molecule has 2 aliphatic rings. The molecule has 0 heterocycles. The zero-order valence-electron chi connectivity index (χ0n) is 20.4. The van der Waals surface area contributed by atoms with Gasteiger partial charge in [-0.15, -0.1) is 0 Å². The molecule has 1 saturated carbocycles. The Kier molecular flexibility index (Phi) is 7.43. The first-order valence-corrected chi connectivity index (χ1v) is 12.5. The Labute approximate surface area is 206 Å². The lowest BCUT2D eigenvalue weighted by Crippen LogP contribution is -2.56. The molecular formula is C28H34N2O5. The molecule has 1 fully saturated rings. The van der Waals surface area contributed by atoms with Gasteiger partial charge in [-0.25, -0.2) is 9.59 Å². The third-order valence-electron chi connectivity index (χ3n) is 7.35. The van der Waals surface area contributed by atoms with Gasteiger partial charge in [0.25, 0.3) is 0 Å². The lowest BCUT2D eigenvalue weighted by Gasteiger charge is -2.34. The lowest BCUT2D eigenvalue weighted by atomic mass is 9.81. The summed E-state index contributed by atoms with van der Waals surface area (Å²) in [4.78, 5) is 37.4. The smallest absolute Gasteiger partial charge is 0.407 e. The van der Waals surface area contributed by atoms with Crippen molar-refractivity contribution in [3.63, 3.8) is 0 Å². The number of amides is 2. The van der Waals surface area contributed by atoms with Crippen LogP contribution in [0.15, 0.2) is 48.5 Å². The fraction of sp³-hybridized carbons (Fsp3) is 0.464. The third-order valence-corrected chi connectivity index (χ3v) is 7.35. The number of rotatable bonds is 8. The van der Waals surface area contributed by atoms with Crippen molar-refractivity contribution in [3.8, 4) is 11.1 Å². The van der Waals surface area contributed by atoms with Crippen LogP contribution in [-0.4, -0.2) is 41.3 Å². The lowest BCUT2D eigenvalue weighted by molar-refractivity contribution is -0.149. The van der Waals surface area contributed by atoms with Gasteiger partial charge in [0.1, 0.15) is 12.1 Å². The number of carboxylic acid groups (broad SMARTS) is 1. The van der Waals surface area contributed by atoms with Gasteiger partial charge >= 0.3 is 12.1 Å². The van der Waals surface area contributed by atoms with E-state index in [9.17, 15) is 19.5 Å². The fourth-order valence-corrected chi connectivity index (χ4v) is 5.31. The van der Waals surface area contributed by atoms with E-state index < -0.39 is 23.6 Å². The first-order chi connectivity index (χ1) is 16.8. The van der Waals surface area contributed by atoms with Crippen molar-refractivity contribution < 1.29 is 24.2 Å². The second kappa shape index (κ2) is 10.5. The highest BCUT2D eigenvalue weighted by molar-refractivity contribution is 5.87. The minimum atomic E-state index is -1.21. The van der Waals surface area contributed by atoms with Crippen LogP contribution in [0.4, 0.5) is 4.79 Å². The fourth-order valence-electron chi connectivity index (χ4n) is 5.31. The van der Waals surface area contributed by atoms with Crippen LogP contribution in [0.5, 0.6) is 0 Å². The highest BCUT2D eigenvalue weighted by atomic mass is 16.5. The highest BCUT2D eigenvalue weighted by Crippen LogP contribution is 2.44. The summed E-state index contributed by atoms with van der Waals surface area (Å²) in [6.07, 6.45) is 2.81. The van der Waals surface area contributed by atoms with Gasteiger partial charge in [-0.3, -0.25) is 4.79 Å². The monoisotopic (exact) mass is 478 g/mol. The van der Waals surface area contributed by atoms with Crippen LogP contribution in [0.1, 0.15) is 69.4 Å². The van der Waals surface area contributed by atoms with Crippen molar-refractivity contribution in [2.45, 2.75) is 69.9 Å². The SMILES string of the molecule is CC(C)[C@H](CC(=O)NC1(C(=O)O)CCCCC1)NC(=O)OCC1c2ccccc2-c2ccccc21.